The van der Waals surface area contributed by atoms with Crippen LogP contribution in [0.5, 0.6) is 5.75 Å². The average molecular weight is 354 g/mol. The number of ether oxygens (including phenoxy) is 1. The van der Waals surface area contributed by atoms with Gasteiger partial charge in [0.05, 0.1) is 18.7 Å². The molecule has 3 nitrogen and oxygen atoms in total. The first-order valence-electron chi connectivity index (χ1n) is 6.32. The molecule has 2 aromatic rings. The standard InChI is InChI=1S/C15H16BrNO2S/c1-3-19-14-7-5-4-6-13(14)15(18)17(2)9-12-8-11(16)10-20-12/h4-8,10H,3,9H2,1-2H3. The molecule has 0 aliphatic rings. The summed E-state index contributed by atoms with van der Waals surface area (Å²) >= 11 is 5.06. The number of carbonyl (C=O) groups is 1. The number of hydrogen-bond donors (Lipinski definition) is 0. The SMILES string of the molecule is CCOc1ccccc1C(=O)N(C)Cc1cc(Br)cs1. The highest BCUT2D eigenvalue weighted by Gasteiger charge is 2.17. The second-order valence-electron chi connectivity index (χ2n) is 4.32. The van der Waals surface area contributed by atoms with Gasteiger partial charge in [-0.2, -0.15) is 0 Å². The van der Waals surface area contributed by atoms with Crippen LogP contribution in [-0.2, 0) is 6.54 Å². The van der Waals surface area contributed by atoms with Crippen LogP contribution in [0.15, 0.2) is 40.2 Å². The molecule has 0 fully saturated rings. The van der Waals surface area contributed by atoms with Crippen molar-refractivity contribution in [1.29, 1.82) is 0 Å². The fourth-order valence-electron chi connectivity index (χ4n) is 1.87. The number of amides is 1. The molecule has 1 aromatic carbocycles. The predicted octanol–water partition coefficient (Wildman–Crippen LogP) is 4.18. The van der Waals surface area contributed by atoms with Gasteiger partial charge < -0.3 is 9.64 Å². The molecule has 0 N–H and O–H groups in total. The third kappa shape index (κ3) is 3.61. The van der Waals surface area contributed by atoms with Crippen molar-refractivity contribution < 1.29 is 9.53 Å². The molecule has 5 heteroatoms. The second-order valence-corrected chi connectivity index (χ2v) is 6.23. The lowest BCUT2D eigenvalue weighted by Crippen LogP contribution is -2.26. The highest BCUT2D eigenvalue weighted by atomic mass is 79.9. The van der Waals surface area contributed by atoms with Gasteiger partial charge in [0.1, 0.15) is 5.75 Å². The highest BCUT2D eigenvalue weighted by molar-refractivity contribution is 9.10. The summed E-state index contributed by atoms with van der Waals surface area (Å²) in [5.41, 5.74) is 0.604. The number of rotatable bonds is 5. The van der Waals surface area contributed by atoms with Crippen LogP contribution in [0.4, 0.5) is 0 Å². The molecule has 0 radical (unpaired) electrons. The molecule has 1 amide bonds. The number of hydrogen-bond acceptors (Lipinski definition) is 3. The summed E-state index contributed by atoms with van der Waals surface area (Å²) in [4.78, 5) is 15.3. The van der Waals surface area contributed by atoms with Crippen LogP contribution in [-0.4, -0.2) is 24.5 Å². The van der Waals surface area contributed by atoms with E-state index in [1.807, 2.05) is 36.6 Å². The van der Waals surface area contributed by atoms with Crippen LogP contribution < -0.4 is 4.74 Å². The molecule has 20 heavy (non-hydrogen) atoms. The first kappa shape index (κ1) is 15.1. The van der Waals surface area contributed by atoms with Crippen LogP contribution >= 0.6 is 27.3 Å². The molecule has 2 rings (SSSR count). The van der Waals surface area contributed by atoms with E-state index >= 15 is 0 Å². The monoisotopic (exact) mass is 353 g/mol. The Hall–Kier alpha value is -1.33. The van der Waals surface area contributed by atoms with Crippen molar-refractivity contribution in [3.05, 3.63) is 50.6 Å². The molecule has 0 spiro atoms. The molecular formula is C15H16BrNO2S. The summed E-state index contributed by atoms with van der Waals surface area (Å²) in [6.07, 6.45) is 0. The van der Waals surface area contributed by atoms with Gasteiger partial charge in [-0.15, -0.1) is 11.3 Å². The van der Waals surface area contributed by atoms with Gasteiger partial charge in [0.2, 0.25) is 0 Å². The maximum atomic E-state index is 12.5. The van der Waals surface area contributed by atoms with Crippen molar-refractivity contribution in [2.45, 2.75) is 13.5 Å². The topological polar surface area (TPSA) is 29.5 Å². The van der Waals surface area contributed by atoms with E-state index in [0.717, 1.165) is 9.35 Å². The summed E-state index contributed by atoms with van der Waals surface area (Å²) in [7, 11) is 1.80. The van der Waals surface area contributed by atoms with Gasteiger partial charge >= 0.3 is 0 Å². The molecule has 106 valence electrons. The minimum absolute atomic E-state index is 0.0291. The number of nitrogens with zero attached hydrogens (tertiary/aromatic N) is 1. The summed E-state index contributed by atoms with van der Waals surface area (Å²) in [6.45, 7) is 3.05. The van der Waals surface area contributed by atoms with Crippen molar-refractivity contribution in [2.24, 2.45) is 0 Å². The Morgan fingerprint density at radius 2 is 2.15 bits per heavy atom. The van der Waals surface area contributed by atoms with E-state index in [2.05, 4.69) is 15.9 Å². The first-order chi connectivity index (χ1) is 9.61. The fourth-order valence-corrected chi connectivity index (χ4v) is 3.38. The lowest BCUT2D eigenvalue weighted by Gasteiger charge is -2.18. The van der Waals surface area contributed by atoms with Gasteiger partial charge in [0.25, 0.3) is 5.91 Å². The summed E-state index contributed by atoms with van der Waals surface area (Å²) < 4.78 is 6.56. The van der Waals surface area contributed by atoms with Crippen molar-refractivity contribution in [1.82, 2.24) is 4.90 Å². The van der Waals surface area contributed by atoms with E-state index in [1.54, 1.807) is 29.4 Å². The van der Waals surface area contributed by atoms with Crippen molar-refractivity contribution in [3.8, 4) is 5.75 Å². The van der Waals surface area contributed by atoms with E-state index in [-0.39, 0.29) is 5.91 Å². The molecular weight excluding hydrogens is 338 g/mol. The molecule has 0 aliphatic carbocycles. The van der Waals surface area contributed by atoms with Gasteiger partial charge in [0, 0.05) is 21.8 Å². The Kier molecular flexibility index (Phi) is 5.20. The minimum Gasteiger partial charge on any atom is -0.493 e. The third-order valence-corrected chi connectivity index (χ3v) is 4.46. The fraction of sp³-hybridized carbons (Fsp3) is 0.267. The molecule has 0 aliphatic heterocycles. The second kappa shape index (κ2) is 6.90. The lowest BCUT2D eigenvalue weighted by atomic mass is 10.1. The van der Waals surface area contributed by atoms with Gasteiger partial charge in [-0.05, 0) is 41.1 Å². The number of thiophene rings is 1. The number of carbonyl (C=O) groups excluding carboxylic acids is 1. The van der Waals surface area contributed by atoms with Crippen LogP contribution in [0, 0.1) is 0 Å². The predicted molar refractivity (Wildman–Crippen MR) is 85.4 cm³/mol. The van der Waals surface area contributed by atoms with Crippen molar-refractivity contribution in [2.75, 3.05) is 13.7 Å². The van der Waals surface area contributed by atoms with E-state index in [4.69, 9.17) is 4.74 Å². The van der Waals surface area contributed by atoms with Crippen LogP contribution in [0.1, 0.15) is 22.2 Å². The average Bonchev–Trinajstić information content (AvgIpc) is 2.84. The lowest BCUT2D eigenvalue weighted by molar-refractivity contribution is 0.0782. The summed E-state index contributed by atoms with van der Waals surface area (Å²) in [6, 6.07) is 9.38. The zero-order valence-electron chi connectivity index (χ0n) is 11.4. The Morgan fingerprint density at radius 3 is 2.80 bits per heavy atom. The maximum absolute atomic E-state index is 12.5. The molecule has 0 saturated carbocycles. The maximum Gasteiger partial charge on any atom is 0.257 e. The zero-order chi connectivity index (χ0) is 14.5. The minimum atomic E-state index is -0.0291. The molecule has 1 aromatic heterocycles. The van der Waals surface area contributed by atoms with Gasteiger partial charge in [-0.3, -0.25) is 4.79 Å². The van der Waals surface area contributed by atoms with Crippen LogP contribution in [0.25, 0.3) is 0 Å². The third-order valence-electron chi connectivity index (χ3n) is 2.78. The summed E-state index contributed by atoms with van der Waals surface area (Å²) in [5, 5.41) is 2.02. The van der Waals surface area contributed by atoms with Gasteiger partial charge in [-0.25, -0.2) is 0 Å². The number of benzene rings is 1. The van der Waals surface area contributed by atoms with Gasteiger partial charge in [0.15, 0.2) is 0 Å². The van der Waals surface area contributed by atoms with E-state index in [0.29, 0.717) is 24.5 Å². The molecule has 0 saturated heterocycles. The van der Waals surface area contributed by atoms with Crippen molar-refractivity contribution >= 4 is 33.2 Å². The van der Waals surface area contributed by atoms with Crippen LogP contribution in [0.2, 0.25) is 0 Å². The number of para-hydroxylation sites is 1. The Bertz CT molecular complexity index is 597. The summed E-state index contributed by atoms with van der Waals surface area (Å²) in [5.74, 6) is 0.609. The Morgan fingerprint density at radius 1 is 1.40 bits per heavy atom. The van der Waals surface area contributed by atoms with Crippen molar-refractivity contribution in [3.63, 3.8) is 0 Å². The molecule has 1 heterocycles. The Balaban J connectivity index is 2.14. The largest absolute Gasteiger partial charge is 0.493 e. The molecule has 0 unspecified atom stereocenters. The zero-order valence-corrected chi connectivity index (χ0v) is 13.8. The van der Waals surface area contributed by atoms with Gasteiger partial charge in [-0.1, -0.05) is 12.1 Å². The number of halogens is 1. The smallest absolute Gasteiger partial charge is 0.257 e. The Labute approximate surface area is 131 Å². The molecule has 0 bridgehead atoms. The van der Waals surface area contributed by atoms with Crippen LogP contribution in [0.3, 0.4) is 0 Å². The first-order valence-corrected chi connectivity index (χ1v) is 7.99. The normalized spacial score (nSPS) is 10.3. The quantitative estimate of drug-likeness (QED) is 0.806. The van der Waals surface area contributed by atoms with E-state index in [9.17, 15) is 4.79 Å². The highest BCUT2D eigenvalue weighted by Crippen LogP contribution is 2.23. The van der Waals surface area contributed by atoms with E-state index in [1.165, 1.54) is 0 Å². The van der Waals surface area contributed by atoms with E-state index < -0.39 is 0 Å². The molecule has 0 atom stereocenters.